The Morgan fingerprint density at radius 1 is 0.944 bits per heavy atom. The molecule has 1 nitrogen and oxygen atoms in total. The summed E-state index contributed by atoms with van der Waals surface area (Å²) in [5.74, 6) is 0.656. The predicted molar refractivity (Wildman–Crippen MR) is 79.0 cm³/mol. The normalized spacial score (nSPS) is 11.8. The Balaban J connectivity index is 2.47. The lowest BCUT2D eigenvalue weighted by Gasteiger charge is -2.11. The number of benzene rings is 2. The average Bonchev–Trinajstić information content (AvgIpc) is 2.66. The monoisotopic (exact) mass is 237 g/mol. The summed E-state index contributed by atoms with van der Waals surface area (Å²) in [4.78, 5) is 0. The molecular formula is C17H19N. The van der Waals surface area contributed by atoms with Gasteiger partial charge in [0.05, 0.1) is 5.52 Å². The van der Waals surface area contributed by atoms with Crippen molar-refractivity contribution in [3.63, 3.8) is 0 Å². The van der Waals surface area contributed by atoms with Crippen LogP contribution >= 0.6 is 0 Å². The van der Waals surface area contributed by atoms with Gasteiger partial charge >= 0.3 is 0 Å². The molecule has 0 bridgehead atoms. The molecule has 1 aromatic heterocycles. The summed E-state index contributed by atoms with van der Waals surface area (Å²) in [6, 6.07) is 15.3. The van der Waals surface area contributed by atoms with Crippen molar-refractivity contribution in [3.8, 4) is 0 Å². The number of aryl methyl sites for hydroxylation is 1. The fraction of sp³-hybridized carbons (Fsp3) is 0.294. The van der Waals surface area contributed by atoms with E-state index in [2.05, 4.69) is 67.8 Å². The van der Waals surface area contributed by atoms with Crippen molar-refractivity contribution in [1.82, 2.24) is 4.57 Å². The Morgan fingerprint density at radius 3 is 2.44 bits per heavy atom. The number of aromatic nitrogens is 1. The molecule has 92 valence electrons. The van der Waals surface area contributed by atoms with Crippen LogP contribution in [0, 0.1) is 12.8 Å². The van der Waals surface area contributed by atoms with Gasteiger partial charge in [0.15, 0.2) is 0 Å². The Morgan fingerprint density at radius 2 is 1.67 bits per heavy atom. The first-order valence-electron chi connectivity index (χ1n) is 6.65. The molecular weight excluding hydrogens is 218 g/mol. The summed E-state index contributed by atoms with van der Waals surface area (Å²) in [6.45, 7) is 7.84. The molecule has 0 N–H and O–H groups in total. The second-order valence-electron chi connectivity index (χ2n) is 5.49. The maximum atomic E-state index is 2.48. The molecule has 18 heavy (non-hydrogen) atoms. The predicted octanol–water partition coefficient (Wildman–Crippen LogP) is 4.76. The molecule has 0 unspecified atom stereocenters. The smallest absolute Gasteiger partial charge is 0.0521 e. The molecule has 0 aliphatic heterocycles. The van der Waals surface area contributed by atoms with Crippen LogP contribution < -0.4 is 0 Å². The van der Waals surface area contributed by atoms with Crippen LogP contribution in [0.4, 0.5) is 0 Å². The first-order chi connectivity index (χ1) is 8.68. The molecule has 0 amide bonds. The summed E-state index contributed by atoms with van der Waals surface area (Å²) in [7, 11) is 0. The zero-order chi connectivity index (χ0) is 12.7. The number of para-hydroxylation sites is 2. The van der Waals surface area contributed by atoms with Crippen LogP contribution in [0.1, 0.15) is 19.4 Å². The highest BCUT2D eigenvalue weighted by atomic mass is 15.0. The van der Waals surface area contributed by atoms with E-state index in [1.165, 1.54) is 27.4 Å². The Labute approximate surface area is 108 Å². The SMILES string of the molecule is Cc1cccc2c3ccccc3n(CC(C)C)c12. The molecule has 0 aliphatic carbocycles. The van der Waals surface area contributed by atoms with Gasteiger partial charge in [-0.15, -0.1) is 0 Å². The minimum Gasteiger partial charge on any atom is -0.340 e. The van der Waals surface area contributed by atoms with Gasteiger partial charge in [0, 0.05) is 22.8 Å². The highest BCUT2D eigenvalue weighted by Gasteiger charge is 2.12. The Bertz CT molecular complexity index is 704. The summed E-state index contributed by atoms with van der Waals surface area (Å²) >= 11 is 0. The van der Waals surface area contributed by atoms with Crippen molar-refractivity contribution in [2.75, 3.05) is 0 Å². The molecule has 0 fully saturated rings. The van der Waals surface area contributed by atoms with Crippen LogP contribution in [0.5, 0.6) is 0 Å². The minimum absolute atomic E-state index is 0.656. The lowest BCUT2D eigenvalue weighted by molar-refractivity contribution is 0.545. The van der Waals surface area contributed by atoms with Crippen LogP contribution in [0.15, 0.2) is 42.5 Å². The summed E-state index contributed by atoms with van der Waals surface area (Å²) < 4.78 is 2.48. The first kappa shape index (κ1) is 11.3. The van der Waals surface area contributed by atoms with E-state index in [9.17, 15) is 0 Å². The molecule has 0 saturated carbocycles. The Hall–Kier alpha value is -1.76. The topological polar surface area (TPSA) is 4.93 Å². The van der Waals surface area contributed by atoms with Gasteiger partial charge in [-0.3, -0.25) is 0 Å². The quantitative estimate of drug-likeness (QED) is 0.605. The van der Waals surface area contributed by atoms with Gasteiger partial charge in [0.1, 0.15) is 0 Å². The van der Waals surface area contributed by atoms with Gasteiger partial charge in [0.25, 0.3) is 0 Å². The molecule has 0 saturated heterocycles. The fourth-order valence-corrected chi connectivity index (χ4v) is 2.85. The minimum atomic E-state index is 0.656. The van der Waals surface area contributed by atoms with E-state index in [-0.39, 0.29) is 0 Å². The van der Waals surface area contributed by atoms with Crippen molar-refractivity contribution >= 4 is 21.8 Å². The summed E-state index contributed by atoms with van der Waals surface area (Å²) in [6.07, 6.45) is 0. The van der Waals surface area contributed by atoms with Crippen LogP contribution in [0.2, 0.25) is 0 Å². The van der Waals surface area contributed by atoms with Crippen LogP contribution in [-0.4, -0.2) is 4.57 Å². The summed E-state index contributed by atoms with van der Waals surface area (Å²) in [5.41, 5.74) is 4.12. The third-order valence-electron chi connectivity index (χ3n) is 3.54. The van der Waals surface area contributed by atoms with E-state index in [4.69, 9.17) is 0 Å². The van der Waals surface area contributed by atoms with E-state index in [0.29, 0.717) is 5.92 Å². The van der Waals surface area contributed by atoms with E-state index in [1.54, 1.807) is 0 Å². The van der Waals surface area contributed by atoms with Gasteiger partial charge in [-0.25, -0.2) is 0 Å². The molecule has 0 atom stereocenters. The van der Waals surface area contributed by atoms with Crippen LogP contribution in [0.3, 0.4) is 0 Å². The van der Waals surface area contributed by atoms with Crippen molar-refractivity contribution in [3.05, 3.63) is 48.0 Å². The maximum absolute atomic E-state index is 2.48. The second-order valence-corrected chi connectivity index (χ2v) is 5.49. The Kier molecular flexibility index (Phi) is 2.62. The third kappa shape index (κ3) is 1.62. The highest BCUT2D eigenvalue weighted by molar-refractivity contribution is 6.08. The largest absolute Gasteiger partial charge is 0.340 e. The van der Waals surface area contributed by atoms with Crippen molar-refractivity contribution in [2.24, 2.45) is 5.92 Å². The lowest BCUT2D eigenvalue weighted by atomic mass is 10.1. The van der Waals surface area contributed by atoms with Gasteiger partial charge in [-0.1, -0.05) is 50.2 Å². The zero-order valence-electron chi connectivity index (χ0n) is 11.3. The molecule has 1 heterocycles. The number of nitrogens with zero attached hydrogens (tertiary/aromatic N) is 1. The standard InChI is InChI=1S/C17H19N/c1-12(2)11-18-16-10-5-4-8-14(16)15-9-6-7-13(3)17(15)18/h4-10,12H,11H2,1-3H3. The zero-order valence-corrected chi connectivity index (χ0v) is 11.3. The average molecular weight is 237 g/mol. The molecule has 0 radical (unpaired) electrons. The van der Waals surface area contributed by atoms with Gasteiger partial charge in [-0.2, -0.15) is 0 Å². The number of fused-ring (bicyclic) bond motifs is 3. The first-order valence-corrected chi connectivity index (χ1v) is 6.65. The van der Waals surface area contributed by atoms with Gasteiger partial charge in [-0.05, 0) is 24.5 Å². The van der Waals surface area contributed by atoms with Crippen molar-refractivity contribution in [1.29, 1.82) is 0 Å². The van der Waals surface area contributed by atoms with Gasteiger partial charge < -0.3 is 4.57 Å². The molecule has 0 spiro atoms. The van der Waals surface area contributed by atoms with E-state index < -0.39 is 0 Å². The fourth-order valence-electron chi connectivity index (χ4n) is 2.85. The molecule has 3 rings (SSSR count). The third-order valence-corrected chi connectivity index (χ3v) is 3.54. The van der Waals surface area contributed by atoms with Crippen LogP contribution in [-0.2, 0) is 6.54 Å². The van der Waals surface area contributed by atoms with E-state index in [0.717, 1.165) is 6.54 Å². The molecule has 1 heteroatoms. The van der Waals surface area contributed by atoms with E-state index in [1.807, 2.05) is 0 Å². The number of hydrogen-bond acceptors (Lipinski definition) is 0. The van der Waals surface area contributed by atoms with Crippen molar-refractivity contribution < 1.29 is 0 Å². The summed E-state index contributed by atoms with van der Waals surface area (Å²) in [5, 5.41) is 2.75. The highest BCUT2D eigenvalue weighted by Crippen LogP contribution is 2.31. The van der Waals surface area contributed by atoms with Crippen LogP contribution in [0.25, 0.3) is 21.8 Å². The van der Waals surface area contributed by atoms with Crippen molar-refractivity contribution in [2.45, 2.75) is 27.3 Å². The number of hydrogen-bond donors (Lipinski definition) is 0. The second kappa shape index (κ2) is 4.16. The molecule has 0 aliphatic rings. The maximum Gasteiger partial charge on any atom is 0.0521 e. The van der Waals surface area contributed by atoms with Gasteiger partial charge in [0.2, 0.25) is 0 Å². The lowest BCUT2D eigenvalue weighted by Crippen LogP contribution is -2.04. The molecule has 3 aromatic rings. The number of rotatable bonds is 2. The van der Waals surface area contributed by atoms with E-state index >= 15 is 0 Å². The molecule has 2 aromatic carbocycles.